The molecule has 0 atom stereocenters. The molecule has 1 aromatic carbocycles. The molecule has 3 heteroatoms. The second-order valence-electron chi connectivity index (χ2n) is 3.51. The average molecular weight is 194 g/mol. The highest BCUT2D eigenvalue weighted by Crippen LogP contribution is 2.26. The van der Waals surface area contributed by atoms with Crippen molar-refractivity contribution in [2.24, 2.45) is 0 Å². The van der Waals surface area contributed by atoms with Crippen molar-refractivity contribution in [2.45, 2.75) is 27.2 Å². The van der Waals surface area contributed by atoms with E-state index in [2.05, 4.69) is 0 Å². The molecule has 0 saturated carbocycles. The number of phenols is 1. The van der Waals surface area contributed by atoms with Crippen LogP contribution in [0.5, 0.6) is 5.75 Å². The summed E-state index contributed by atoms with van der Waals surface area (Å²) < 4.78 is 0. The van der Waals surface area contributed by atoms with Crippen LogP contribution in [0.15, 0.2) is 6.07 Å². The number of aromatic hydroxyl groups is 1. The number of phenolic OH excluding ortho intramolecular Hbond substituents is 1. The maximum absolute atomic E-state index is 10.6. The summed E-state index contributed by atoms with van der Waals surface area (Å²) >= 11 is 0. The van der Waals surface area contributed by atoms with Crippen molar-refractivity contribution in [1.82, 2.24) is 0 Å². The SMILES string of the molecule is Cc1cc(O)c(C)c(C)c1CC(=O)O. The maximum atomic E-state index is 10.6. The molecule has 0 radical (unpaired) electrons. The van der Waals surface area contributed by atoms with Crippen molar-refractivity contribution in [3.8, 4) is 5.75 Å². The molecule has 0 fully saturated rings. The van der Waals surface area contributed by atoms with Crippen LogP contribution in [-0.2, 0) is 11.2 Å². The second-order valence-corrected chi connectivity index (χ2v) is 3.51. The highest BCUT2D eigenvalue weighted by atomic mass is 16.4. The van der Waals surface area contributed by atoms with Crippen LogP contribution < -0.4 is 0 Å². The van der Waals surface area contributed by atoms with Gasteiger partial charge in [-0.25, -0.2) is 0 Å². The minimum atomic E-state index is -0.846. The van der Waals surface area contributed by atoms with Gasteiger partial charge in [-0.3, -0.25) is 4.79 Å². The molecule has 0 unspecified atom stereocenters. The number of hydrogen-bond donors (Lipinski definition) is 2. The lowest BCUT2D eigenvalue weighted by molar-refractivity contribution is -0.136. The minimum Gasteiger partial charge on any atom is -0.508 e. The number of benzene rings is 1. The van der Waals surface area contributed by atoms with Gasteiger partial charge in [-0.05, 0) is 49.1 Å². The van der Waals surface area contributed by atoms with Gasteiger partial charge in [0.05, 0.1) is 6.42 Å². The molecular formula is C11H14O3. The molecule has 14 heavy (non-hydrogen) atoms. The molecule has 0 saturated heterocycles. The largest absolute Gasteiger partial charge is 0.508 e. The molecule has 76 valence electrons. The molecule has 0 amide bonds. The molecule has 3 nitrogen and oxygen atoms in total. The highest BCUT2D eigenvalue weighted by Gasteiger charge is 2.11. The summed E-state index contributed by atoms with van der Waals surface area (Å²) in [6, 6.07) is 1.61. The van der Waals surface area contributed by atoms with Crippen LogP contribution in [0, 0.1) is 20.8 Å². The van der Waals surface area contributed by atoms with E-state index in [4.69, 9.17) is 5.11 Å². The van der Waals surface area contributed by atoms with Crippen molar-refractivity contribution in [3.05, 3.63) is 28.3 Å². The predicted molar refractivity (Wildman–Crippen MR) is 53.7 cm³/mol. The Hall–Kier alpha value is -1.51. The van der Waals surface area contributed by atoms with Gasteiger partial charge in [0.1, 0.15) is 5.75 Å². The summed E-state index contributed by atoms with van der Waals surface area (Å²) in [6.07, 6.45) is 0.0127. The Morgan fingerprint density at radius 1 is 1.29 bits per heavy atom. The van der Waals surface area contributed by atoms with Crippen LogP contribution in [0.25, 0.3) is 0 Å². The number of carbonyl (C=O) groups is 1. The Labute approximate surface area is 83.0 Å². The van der Waals surface area contributed by atoms with E-state index in [9.17, 15) is 9.90 Å². The highest BCUT2D eigenvalue weighted by molar-refractivity contribution is 5.72. The predicted octanol–water partition coefficient (Wildman–Crippen LogP) is 1.94. The third kappa shape index (κ3) is 1.87. The van der Waals surface area contributed by atoms with Gasteiger partial charge in [-0.15, -0.1) is 0 Å². The molecule has 0 aliphatic heterocycles. The zero-order valence-electron chi connectivity index (χ0n) is 8.59. The van der Waals surface area contributed by atoms with Gasteiger partial charge in [0.15, 0.2) is 0 Å². The first-order chi connectivity index (χ1) is 6.43. The quantitative estimate of drug-likeness (QED) is 0.756. The molecule has 0 spiro atoms. The second kappa shape index (κ2) is 3.70. The summed E-state index contributed by atoms with van der Waals surface area (Å²) in [5.74, 6) is -0.615. The van der Waals surface area contributed by atoms with Crippen LogP contribution in [0.2, 0.25) is 0 Å². The van der Waals surface area contributed by atoms with E-state index in [1.165, 1.54) is 0 Å². The number of rotatable bonds is 2. The van der Waals surface area contributed by atoms with Crippen molar-refractivity contribution >= 4 is 5.97 Å². The fourth-order valence-corrected chi connectivity index (χ4v) is 1.54. The Kier molecular flexibility index (Phi) is 2.79. The van der Waals surface area contributed by atoms with Crippen molar-refractivity contribution in [2.75, 3.05) is 0 Å². The van der Waals surface area contributed by atoms with Crippen molar-refractivity contribution in [1.29, 1.82) is 0 Å². The summed E-state index contributed by atoms with van der Waals surface area (Å²) in [5.41, 5.74) is 3.25. The van der Waals surface area contributed by atoms with Gasteiger partial charge < -0.3 is 10.2 Å². The molecule has 1 aromatic rings. The van der Waals surface area contributed by atoms with E-state index >= 15 is 0 Å². The van der Waals surface area contributed by atoms with E-state index in [-0.39, 0.29) is 12.2 Å². The standard InChI is InChI=1S/C11H14O3/c1-6-4-10(12)8(3)7(2)9(6)5-11(13)14/h4,12H,5H2,1-3H3,(H,13,14). The fraction of sp³-hybridized carbons (Fsp3) is 0.364. The molecule has 0 heterocycles. The first kappa shape index (κ1) is 10.6. The first-order valence-corrected chi connectivity index (χ1v) is 4.44. The lowest BCUT2D eigenvalue weighted by Gasteiger charge is -2.12. The van der Waals surface area contributed by atoms with Gasteiger partial charge in [-0.1, -0.05) is 0 Å². The van der Waals surface area contributed by atoms with Crippen molar-refractivity contribution in [3.63, 3.8) is 0 Å². The zero-order chi connectivity index (χ0) is 10.9. The van der Waals surface area contributed by atoms with Crippen LogP contribution in [0.4, 0.5) is 0 Å². The number of carboxylic acid groups (broad SMARTS) is 1. The monoisotopic (exact) mass is 194 g/mol. The Bertz CT molecular complexity index is 381. The number of aryl methyl sites for hydroxylation is 1. The van der Waals surface area contributed by atoms with E-state index in [0.717, 1.165) is 22.3 Å². The van der Waals surface area contributed by atoms with Crippen LogP contribution in [0.3, 0.4) is 0 Å². The third-order valence-electron chi connectivity index (χ3n) is 2.56. The normalized spacial score (nSPS) is 10.2. The minimum absolute atomic E-state index is 0.0127. The number of hydrogen-bond acceptors (Lipinski definition) is 2. The smallest absolute Gasteiger partial charge is 0.307 e. The van der Waals surface area contributed by atoms with E-state index in [1.54, 1.807) is 13.0 Å². The Balaban J connectivity index is 3.29. The molecule has 1 rings (SSSR count). The van der Waals surface area contributed by atoms with Crippen molar-refractivity contribution < 1.29 is 15.0 Å². The molecular weight excluding hydrogens is 180 g/mol. The molecule has 0 aliphatic rings. The van der Waals surface area contributed by atoms with E-state index in [0.29, 0.717) is 0 Å². The molecule has 0 aliphatic carbocycles. The summed E-state index contributed by atoms with van der Waals surface area (Å²) in [4.78, 5) is 10.6. The summed E-state index contributed by atoms with van der Waals surface area (Å²) in [7, 11) is 0. The Morgan fingerprint density at radius 2 is 1.86 bits per heavy atom. The lowest BCUT2D eigenvalue weighted by atomic mass is 9.95. The van der Waals surface area contributed by atoms with Gasteiger partial charge in [-0.2, -0.15) is 0 Å². The topological polar surface area (TPSA) is 57.5 Å². The van der Waals surface area contributed by atoms with E-state index < -0.39 is 5.97 Å². The molecule has 2 N–H and O–H groups in total. The third-order valence-corrected chi connectivity index (χ3v) is 2.56. The summed E-state index contributed by atoms with van der Waals surface area (Å²) in [5, 5.41) is 18.2. The zero-order valence-corrected chi connectivity index (χ0v) is 8.59. The summed E-state index contributed by atoms with van der Waals surface area (Å²) in [6.45, 7) is 5.43. The average Bonchev–Trinajstić information content (AvgIpc) is 2.09. The van der Waals surface area contributed by atoms with Crippen LogP contribution in [0.1, 0.15) is 22.3 Å². The van der Waals surface area contributed by atoms with Gasteiger partial charge in [0, 0.05) is 0 Å². The van der Waals surface area contributed by atoms with Gasteiger partial charge in [0.25, 0.3) is 0 Å². The fourth-order valence-electron chi connectivity index (χ4n) is 1.54. The Morgan fingerprint density at radius 3 is 2.36 bits per heavy atom. The maximum Gasteiger partial charge on any atom is 0.307 e. The van der Waals surface area contributed by atoms with Crippen LogP contribution >= 0.6 is 0 Å². The van der Waals surface area contributed by atoms with Gasteiger partial charge in [0.2, 0.25) is 0 Å². The number of aliphatic carboxylic acids is 1. The number of carboxylic acids is 1. The molecule has 0 aromatic heterocycles. The van der Waals surface area contributed by atoms with E-state index in [1.807, 2.05) is 13.8 Å². The van der Waals surface area contributed by atoms with Gasteiger partial charge >= 0.3 is 5.97 Å². The first-order valence-electron chi connectivity index (χ1n) is 4.44. The lowest BCUT2D eigenvalue weighted by Crippen LogP contribution is -2.05. The molecule has 0 bridgehead atoms. The van der Waals surface area contributed by atoms with Crippen LogP contribution in [-0.4, -0.2) is 16.2 Å².